The summed E-state index contributed by atoms with van der Waals surface area (Å²) in [7, 11) is 0. The van der Waals surface area contributed by atoms with Crippen LogP contribution in [0.2, 0.25) is 0 Å². The summed E-state index contributed by atoms with van der Waals surface area (Å²) in [5, 5.41) is 12.4. The number of hydrogen-bond donors (Lipinski definition) is 3. The van der Waals surface area contributed by atoms with Gasteiger partial charge in [-0.25, -0.2) is 9.98 Å². The van der Waals surface area contributed by atoms with Crippen LogP contribution in [0, 0.1) is 0 Å². The Morgan fingerprint density at radius 1 is 1.35 bits per heavy atom. The second-order valence-corrected chi connectivity index (χ2v) is 7.45. The smallest absolute Gasteiger partial charge is 0.303 e. The van der Waals surface area contributed by atoms with E-state index in [9.17, 15) is 19.2 Å². The number of aliphatic imine (C=N–C) groups is 1. The molecule has 1 fully saturated rings. The van der Waals surface area contributed by atoms with Gasteiger partial charge in [-0.05, 0) is 50.1 Å². The molecule has 0 spiro atoms. The van der Waals surface area contributed by atoms with E-state index >= 15 is 0 Å². The van der Waals surface area contributed by atoms with E-state index in [0.29, 0.717) is 25.8 Å². The number of aromatic nitrogens is 2. The van der Waals surface area contributed by atoms with Crippen LogP contribution >= 0.6 is 0 Å². The predicted octanol–water partition coefficient (Wildman–Crippen LogP) is 1.06. The van der Waals surface area contributed by atoms with Crippen molar-refractivity contribution in [1.82, 2.24) is 20.2 Å². The minimum Gasteiger partial charge on any atom is -0.481 e. The molecular weight excluding hydrogens is 402 g/mol. The predicted molar refractivity (Wildman–Crippen MR) is 113 cm³/mol. The van der Waals surface area contributed by atoms with Gasteiger partial charge in [-0.3, -0.25) is 19.2 Å². The van der Waals surface area contributed by atoms with E-state index in [1.807, 2.05) is 18.3 Å². The highest BCUT2D eigenvalue weighted by Crippen LogP contribution is 2.22. The maximum Gasteiger partial charge on any atom is 0.303 e. The number of hydrogen-bond acceptors (Lipinski definition) is 5. The summed E-state index contributed by atoms with van der Waals surface area (Å²) in [5.74, 6) is -2.40. The Labute approximate surface area is 178 Å². The Morgan fingerprint density at radius 3 is 2.90 bits per heavy atom. The second kappa shape index (κ2) is 9.96. The molecule has 3 heterocycles. The lowest BCUT2D eigenvalue weighted by atomic mass is 10.1. The number of aryl methyl sites for hydroxylation is 1. The Bertz CT molecular complexity index is 1000. The van der Waals surface area contributed by atoms with Gasteiger partial charge in [0.25, 0.3) is 5.91 Å². The standard InChI is InChI=1S/C21H25N5O5/c1-22-20(30)15(7-9-18(28)29)25-21(31)16-5-3-11-26(16)17(27)8-6-13-12-24-19-14(13)4-2-10-23-19/h2,4,10,12,15-16H,1,3,5-9,11H2,(H,23,24)(H,25,31)(H,28,29)/t15?,16-/m0/s1. The van der Waals surface area contributed by atoms with Crippen LogP contribution in [0.5, 0.6) is 0 Å². The van der Waals surface area contributed by atoms with Crippen LogP contribution in [0.3, 0.4) is 0 Å². The van der Waals surface area contributed by atoms with Gasteiger partial charge in [-0.1, -0.05) is 0 Å². The number of likely N-dealkylation sites (tertiary alicyclic amines) is 1. The van der Waals surface area contributed by atoms with Crippen LogP contribution in [-0.2, 0) is 25.6 Å². The molecule has 1 saturated heterocycles. The molecule has 0 saturated carbocycles. The minimum absolute atomic E-state index is 0.0891. The average Bonchev–Trinajstić information content (AvgIpc) is 3.41. The first-order valence-corrected chi connectivity index (χ1v) is 10.1. The van der Waals surface area contributed by atoms with Gasteiger partial charge in [-0.2, -0.15) is 0 Å². The number of pyridine rings is 1. The van der Waals surface area contributed by atoms with Gasteiger partial charge >= 0.3 is 5.97 Å². The van der Waals surface area contributed by atoms with Crippen molar-refractivity contribution in [3.8, 4) is 0 Å². The highest BCUT2D eigenvalue weighted by atomic mass is 16.4. The molecular formula is C21H25N5O5. The van der Waals surface area contributed by atoms with Crippen molar-refractivity contribution in [1.29, 1.82) is 0 Å². The van der Waals surface area contributed by atoms with Crippen LogP contribution in [0.4, 0.5) is 0 Å². The lowest BCUT2D eigenvalue weighted by molar-refractivity contribution is -0.139. The van der Waals surface area contributed by atoms with Crippen LogP contribution in [0.15, 0.2) is 29.5 Å². The monoisotopic (exact) mass is 427 g/mol. The number of carboxylic acid groups (broad SMARTS) is 1. The topological polar surface area (TPSA) is 145 Å². The van der Waals surface area contributed by atoms with E-state index in [2.05, 4.69) is 27.0 Å². The van der Waals surface area contributed by atoms with Gasteiger partial charge in [0.05, 0.1) is 0 Å². The SMILES string of the molecule is C=NC(=O)C(CCC(=O)O)NC(=O)[C@@H]1CCCN1C(=O)CCc1c[nH]c2ncccc12. The van der Waals surface area contributed by atoms with Crippen LogP contribution in [0.25, 0.3) is 11.0 Å². The summed E-state index contributed by atoms with van der Waals surface area (Å²) in [5.41, 5.74) is 1.74. The molecule has 3 amide bonds. The molecule has 0 radical (unpaired) electrons. The van der Waals surface area contributed by atoms with Crippen molar-refractivity contribution in [2.75, 3.05) is 6.54 Å². The van der Waals surface area contributed by atoms with E-state index in [1.165, 1.54) is 4.90 Å². The molecule has 0 bridgehead atoms. The fourth-order valence-electron chi connectivity index (χ4n) is 3.85. The molecule has 10 heteroatoms. The summed E-state index contributed by atoms with van der Waals surface area (Å²) in [6.07, 6.45) is 5.05. The normalized spacial score (nSPS) is 16.8. The van der Waals surface area contributed by atoms with Gasteiger partial charge in [0.2, 0.25) is 11.8 Å². The zero-order valence-electron chi connectivity index (χ0n) is 17.0. The van der Waals surface area contributed by atoms with E-state index in [0.717, 1.165) is 16.6 Å². The van der Waals surface area contributed by atoms with E-state index in [4.69, 9.17) is 5.11 Å². The van der Waals surface area contributed by atoms with Gasteiger partial charge in [0.1, 0.15) is 17.7 Å². The Hall–Kier alpha value is -3.56. The van der Waals surface area contributed by atoms with Gasteiger partial charge in [-0.15, -0.1) is 0 Å². The van der Waals surface area contributed by atoms with E-state index in [-0.39, 0.29) is 25.2 Å². The lowest BCUT2D eigenvalue weighted by Crippen LogP contribution is -2.50. The first-order chi connectivity index (χ1) is 14.9. The molecule has 164 valence electrons. The number of aromatic amines is 1. The fraction of sp³-hybridized carbons (Fsp3) is 0.429. The van der Waals surface area contributed by atoms with Gasteiger partial charge < -0.3 is 20.3 Å². The van der Waals surface area contributed by atoms with Crippen molar-refractivity contribution in [3.05, 3.63) is 30.1 Å². The van der Waals surface area contributed by atoms with Gasteiger partial charge in [0.15, 0.2) is 0 Å². The molecule has 10 nitrogen and oxygen atoms in total. The number of nitrogens with one attached hydrogen (secondary N) is 2. The first-order valence-electron chi connectivity index (χ1n) is 10.1. The summed E-state index contributed by atoms with van der Waals surface area (Å²) < 4.78 is 0. The van der Waals surface area contributed by atoms with Gasteiger partial charge in [0, 0.05) is 37.2 Å². The van der Waals surface area contributed by atoms with E-state index in [1.54, 1.807) is 6.20 Å². The van der Waals surface area contributed by atoms with Crippen LogP contribution < -0.4 is 5.32 Å². The maximum absolute atomic E-state index is 12.8. The molecule has 2 aromatic heterocycles. The molecule has 1 aliphatic heterocycles. The Kier molecular flexibility index (Phi) is 7.11. The number of fused-ring (bicyclic) bond motifs is 1. The molecule has 2 aromatic rings. The molecule has 3 N–H and O–H groups in total. The summed E-state index contributed by atoms with van der Waals surface area (Å²) in [6.45, 7) is 3.62. The molecule has 0 aromatic carbocycles. The van der Waals surface area contributed by atoms with Crippen molar-refractivity contribution < 1.29 is 24.3 Å². The van der Waals surface area contributed by atoms with Crippen LogP contribution in [-0.4, -0.2) is 69.0 Å². The number of rotatable bonds is 9. The summed E-state index contributed by atoms with van der Waals surface area (Å²) in [6, 6.07) is 2.01. The third-order valence-corrected chi connectivity index (χ3v) is 5.44. The van der Waals surface area contributed by atoms with Crippen molar-refractivity contribution in [2.45, 2.75) is 50.6 Å². The average molecular weight is 427 g/mol. The molecule has 0 aliphatic carbocycles. The molecule has 31 heavy (non-hydrogen) atoms. The van der Waals surface area contributed by atoms with Crippen molar-refractivity contribution >= 4 is 41.4 Å². The molecule has 3 rings (SSSR count). The minimum atomic E-state index is -1.08. The number of carbonyl (C=O) groups is 4. The number of aliphatic carboxylic acids is 1. The number of nitrogens with zero attached hydrogens (tertiary/aromatic N) is 3. The highest BCUT2D eigenvalue weighted by Gasteiger charge is 2.35. The zero-order chi connectivity index (χ0) is 22.4. The quantitative estimate of drug-likeness (QED) is 0.510. The Balaban J connectivity index is 1.61. The number of amides is 3. The third kappa shape index (κ3) is 5.33. The number of carboxylic acids is 1. The Morgan fingerprint density at radius 2 is 2.16 bits per heavy atom. The van der Waals surface area contributed by atoms with Crippen LogP contribution in [0.1, 0.15) is 37.7 Å². The highest BCUT2D eigenvalue weighted by molar-refractivity contribution is 5.94. The van der Waals surface area contributed by atoms with E-state index < -0.39 is 29.9 Å². The number of H-pyrrole nitrogens is 1. The molecule has 1 unspecified atom stereocenters. The maximum atomic E-state index is 12.8. The summed E-state index contributed by atoms with van der Waals surface area (Å²) in [4.78, 5) is 60.5. The third-order valence-electron chi connectivity index (χ3n) is 5.44. The largest absolute Gasteiger partial charge is 0.481 e. The fourth-order valence-corrected chi connectivity index (χ4v) is 3.85. The summed E-state index contributed by atoms with van der Waals surface area (Å²) >= 11 is 0. The second-order valence-electron chi connectivity index (χ2n) is 7.45. The molecule has 1 aliphatic rings. The first kappa shape index (κ1) is 22.1. The zero-order valence-corrected chi connectivity index (χ0v) is 17.0. The molecule has 2 atom stereocenters. The van der Waals surface area contributed by atoms with Crippen molar-refractivity contribution in [2.24, 2.45) is 4.99 Å². The van der Waals surface area contributed by atoms with Crippen molar-refractivity contribution in [3.63, 3.8) is 0 Å². The number of carbonyl (C=O) groups excluding carboxylic acids is 3. The lowest BCUT2D eigenvalue weighted by Gasteiger charge is -2.25.